The second-order valence-electron chi connectivity index (χ2n) is 6.25. The van der Waals surface area contributed by atoms with Crippen LogP contribution in [-0.2, 0) is 11.3 Å². The number of pyridine rings is 1. The molecular formula is C21H22N2O3. The Labute approximate surface area is 153 Å². The number of methoxy groups -OCH3 is 1. The van der Waals surface area contributed by atoms with Crippen LogP contribution in [0.3, 0.4) is 0 Å². The first kappa shape index (κ1) is 16.7. The molecule has 0 atom stereocenters. The van der Waals surface area contributed by atoms with Gasteiger partial charge in [-0.3, -0.25) is 4.98 Å². The fourth-order valence-electron chi connectivity index (χ4n) is 3.14. The lowest BCUT2D eigenvalue weighted by atomic mass is 10.1. The molecule has 0 unspecified atom stereocenters. The molecule has 1 aliphatic rings. The normalized spacial score (nSPS) is 14.4. The van der Waals surface area contributed by atoms with Crippen molar-refractivity contribution in [3.05, 3.63) is 60.3 Å². The number of benzene rings is 2. The van der Waals surface area contributed by atoms with Gasteiger partial charge in [-0.25, -0.2) is 0 Å². The summed E-state index contributed by atoms with van der Waals surface area (Å²) in [4.78, 5) is 6.85. The number of hydrogen-bond acceptors (Lipinski definition) is 5. The molecule has 0 radical (unpaired) electrons. The third kappa shape index (κ3) is 3.58. The molecule has 0 N–H and O–H groups in total. The second kappa shape index (κ2) is 7.62. The summed E-state index contributed by atoms with van der Waals surface area (Å²) in [5.74, 6) is 1.69. The Bertz CT molecular complexity index is 874. The number of hydrogen-bond donors (Lipinski definition) is 0. The monoisotopic (exact) mass is 350 g/mol. The van der Waals surface area contributed by atoms with Gasteiger partial charge in [0.15, 0.2) is 0 Å². The van der Waals surface area contributed by atoms with Crippen LogP contribution in [0.25, 0.3) is 10.9 Å². The summed E-state index contributed by atoms with van der Waals surface area (Å²) in [5.41, 5.74) is 3.22. The van der Waals surface area contributed by atoms with Gasteiger partial charge in [0.05, 0.1) is 25.8 Å². The Hall–Kier alpha value is -2.79. The zero-order valence-corrected chi connectivity index (χ0v) is 14.9. The highest BCUT2D eigenvalue weighted by Crippen LogP contribution is 2.28. The number of nitrogens with zero attached hydrogens (tertiary/aromatic N) is 2. The number of morpholine rings is 1. The first-order chi connectivity index (χ1) is 12.8. The molecule has 0 saturated carbocycles. The van der Waals surface area contributed by atoms with E-state index in [-0.39, 0.29) is 0 Å². The summed E-state index contributed by atoms with van der Waals surface area (Å²) in [6.07, 6.45) is 1.80. The number of fused-ring (bicyclic) bond motifs is 1. The highest BCUT2D eigenvalue weighted by molar-refractivity contribution is 5.87. The standard InChI is InChI=1S/C21H22N2O3/c1-24-18-5-2-16(3-6-18)15-26-21-8-9-22-20-14-17(4-7-19(20)21)23-10-12-25-13-11-23/h2-9,14H,10-13,15H2,1H3. The molecule has 0 bridgehead atoms. The molecule has 26 heavy (non-hydrogen) atoms. The van der Waals surface area contributed by atoms with Gasteiger partial charge in [-0.2, -0.15) is 0 Å². The lowest BCUT2D eigenvalue weighted by molar-refractivity contribution is 0.122. The fraction of sp³-hybridized carbons (Fsp3) is 0.286. The molecule has 1 aromatic heterocycles. The maximum Gasteiger partial charge on any atom is 0.130 e. The minimum Gasteiger partial charge on any atom is -0.497 e. The molecule has 0 aliphatic carbocycles. The van der Waals surface area contributed by atoms with Gasteiger partial charge in [0.1, 0.15) is 18.1 Å². The molecule has 5 heteroatoms. The molecule has 134 valence electrons. The summed E-state index contributed by atoms with van der Waals surface area (Å²) < 4.78 is 16.7. The van der Waals surface area contributed by atoms with E-state index >= 15 is 0 Å². The van der Waals surface area contributed by atoms with Crippen LogP contribution >= 0.6 is 0 Å². The molecule has 3 aromatic rings. The van der Waals surface area contributed by atoms with Crippen LogP contribution in [0.4, 0.5) is 5.69 Å². The maximum absolute atomic E-state index is 6.05. The van der Waals surface area contributed by atoms with Crippen molar-refractivity contribution in [2.24, 2.45) is 0 Å². The molecular weight excluding hydrogens is 328 g/mol. The molecule has 2 heterocycles. The van der Waals surface area contributed by atoms with Gasteiger partial charge >= 0.3 is 0 Å². The van der Waals surface area contributed by atoms with Crippen LogP contribution in [-0.4, -0.2) is 38.4 Å². The fourth-order valence-corrected chi connectivity index (χ4v) is 3.14. The first-order valence-electron chi connectivity index (χ1n) is 8.81. The highest BCUT2D eigenvalue weighted by Gasteiger charge is 2.13. The molecule has 2 aromatic carbocycles. The van der Waals surface area contributed by atoms with E-state index in [4.69, 9.17) is 14.2 Å². The van der Waals surface area contributed by atoms with Crippen molar-refractivity contribution in [2.75, 3.05) is 38.3 Å². The van der Waals surface area contributed by atoms with E-state index in [0.717, 1.165) is 54.3 Å². The van der Waals surface area contributed by atoms with Crippen molar-refractivity contribution in [1.29, 1.82) is 0 Å². The summed E-state index contributed by atoms with van der Waals surface area (Å²) in [6, 6.07) is 16.2. The Morgan fingerprint density at radius 1 is 1.04 bits per heavy atom. The smallest absolute Gasteiger partial charge is 0.130 e. The van der Waals surface area contributed by atoms with Gasteiger partial charge in [0, 0.05) is 30.4 Å². The van der Waals surface area contributed by atoms with Crippen LogP contribution in [0.5, 0.6) is 11.5 Å². The zero-order chi connectivity index (χ0) is 17.8. The molecule has 0 spiro atoms. The van der Waals surface area contributed by atoms with Crippen molar-refractivity contribution >= 4 is 16.6 Å². The Morgan fingerprint density at radius 2 is 1.85 bits per heavy atom. The van der Waals surface area contributed by atoms with Crippen molar-refractivity contribution in [3.8, 4) is 11.5 Å². The van der Waals surface area contributed by atoms with Crippen LogP contribution in [0.15, 0.2) is 54.7 Å². The topological polar surface area (TPSA) is 43.8 Å². The Kier molecular flexibility index (Phi) is 4.88. The molecule has 1 aliphatic heterocycles. The average molecular weight is 350 g/mol. The zero-order valence-electron chi connectivity index (χ0n) is 14.9. The van der Waals surface area contributed by atoms with Crippen molar-refractivity contribution in [2.45, 2.75) is 6.61 Å². The lowest BCUT2D eigenvalue weighted by Crippen LogP contribution is -2.36. The number of aromatic nitrogens is 1. The Balaban J connectivity index is 1.53. The lowest BCUT2D eigenvalue weighted by Gasteiger charge is -2.29. The maximum atomic E-state index is 6.05. The van der Waals surface area contributed by atoms with Crippen LogP contribution in [0, 0.1) is 0 Å². The molecule has 0 amide bonds. The summed E-state index contributed by atoms with van der Waals surface area (Å²) >= 11 is 0. The SMILES string of the molecule is COc1ccc(COc2ccnc3cc(N4CCOCC4)ccc23)cc1. The van der Waals surface area contributed by atoms with E-state index in [1.54, 1.807) is 13.3 Å². The minimum atomic E-state index is 0.508. The van der Waals surface area contributed by atoms with Gasteiger partial charge in [-0.1, -0.05) is 12.1 Å². The average Bonchev–Trinajstić information content (AvgIpc) is 2.73. The largest absolute Gasteiger partial charge is 0.497 e. The van der Waals surface area contributed by atoms with Crippen molar-refractivity contribution in [3.63, 3.8) is 0 Å². The highest BCUT2D eigenvalue weighted by atomic mass is 16.5. The summed E-state index contributed by atoms with van der Waals surface area (Å²) in [7, 11) is 1.67. The minimum absolute atomic E-state index is 0.508. The van der Waals surface area contributed by atoms with E-state index in [1.807, 2.05) is 30.3 Å². The van der Waals surface area contributed by atoms with E-state index < -0.39 is 0 Å². The summed E-state index contributed by atoms with van der Waals surface area (Å²) in [5, 5.41) is 1.03. The van der Waals surface area contributed by atoms with Crippen LogP contribution in [0.2, 0.25) is 0 Å². The molecule has 5 nitrogen and oxygen atoms in total. The third-order valence-corrected chi connectivity index (χ3v) is 4.62. The predicted molar refractivity (Wildman–Crippen MR) is 102 cm³/mol. The summed E-state index contributed by atoms with van der Waals surface area (Å²) in [6.45, 7) is 3.89. The van der Waals surface area contributed by atoms with Crippen LogP contribution < -0.4 is 14.4 Å². The number of ether oxygens (including phenoxy) is 3. The first-order valence-corrected chi connectivity index (χ1v) is 8.81. The van der Waals surface area contributed by atoms with Gasteiger partial charge in [0.25, 0.3) is 0 Å². The van der Waals surface area contributed by atoms with Crippen molar-refractivity contribution in [1.82, 2.24) is 4.98 Å². The van der Waals surface area contributed by atoms with E-state index in [0.29, 0.717) is 6.61 Å². The second-order valence-corrected chi connectivity index (χ2v) is 6.25. The van der Waals surface area contributed by atoms with Crippen molar-refractivity contribution < 1.29 is 14.2 Å². The van der Waals surface area contributed by atoms with Gasteiger partial charge in [0.2, 0.25) is 0 Å². The Morgan fingerprint density at radius 3 is 2.62 bits per heavy atom. The van der Waals surface area contributed by atoms with E-state index in [1.165, 1.54) is 5.69 Å². The van der Waals surface area contributed by atoms with Gasteiger partial charge in [-0.05, 0) is 42.0 Å². The third-order valence-electron chi connectivity index (χ3n) is 4.62. The van der Waals surface area contributed by atoms with E-state index in [2.05, 4.69) is 28.1 Å². The quantitative estimate of drug-likeness (QED) is 0.703. The number of anilines is 1. The van der Waals surface area contributed by atoms with Gasteiger partial charge in [-0.15, -0.1) is 0 Å². The molecule has 4 rings (SSSR count). The van der Waals surface area contributed by atoms with Crippen LogP contribution in [0.1, 0.15) is 5.56 Å². The van der Waals surface area contributed by atoms with Gasteiger partial charge < -0.3 is 19.1 Å². The molecule has 1 fully saturated rings. The number of rotatable bonds is 5. The molecule has 1 saturated heterocycles. The van der Waals surface area contributed by atoms with E-state index in [9.17, 15) is 0 Å². The predicted octanol–water partition coefficient (Wildman–Crippen LogP) is 3.66.